The van der Waals surface area contributed by atoms with Crippen LogP contribution in [0.3, 0.4) is 0 Å². The van der Waals surface area contributed by atoms with E-state index in [1.807, 2.05) is 0 Å². The Morgan fingerprint density at radius 3 is 3.00 bits per heavy atom. The third-order valence-corrected chi connectivity index (χ3v) is 3.59. The summed E-state index contributed by atoms with van der Waals surface area (Å²) in [6.45, 7) is 0.807. The lowest BCUT2D eigenvalue weighted by Crippen LogP contribution is -2.40. The van der Waals surface area contributed by atoms with E-state index in [-0.39, 0.29) is 5.54 Å². The normalized spacial score (nSPS) is 24.1. The van der Waals surface area contributed by atoms with Crippen LogP contribution in [0.5, 0.6) is 0 Å². The predicted octanol–water partition coefficient (Wildman–Crippen LogP) is 2.60. The fourth-order valence-corrected chi connectivity index (χ4v) is 2.74. The van der Waals surface area contributed by atoms with Crippen LogP contribution in [0.1, 0.15) is 36.8 Å². The molecular weight excluding hydrogens is 198 g/mol. The number of benzene rings is 1. The molecular formula is C14H21NO. The van der Waals surface area contributed by atoms with Crippen molar-refractivity contribution in [3.63, 3.8) is 0 Å². The summed E-state index contributed by atoms with van der Waals surface area (Å²) in [7, 11) is 1.75. The van der Waals surface area contributed by atoms with E-state index < -0.39 is 0 Å². The van der Waals surface area contributed by atoms with Gasteiger partial charge in [0.15, 0.2) is 0 Å². The molecule has 2 N–H and O–H groups in total. The zero-order valence-electron chi connectivity index (χ0n) is 10.0. The molecule has 0 aliphatic heterocycles. The molecule has 2 nitrogen and oxygen atoms in total. The van der Waals surface area contributed by atoms with Crippen LogP contribution < -0.4 is 5.73 Å². The molecule has 16 heavy (non-hydrogen) atoms. The first-order valence-electron chi connectivity index (χ1n) is 6.12. The molecule has 2 heteroatoms. The van der Waals surface area contributed by atoms with Gasteiger partial charge in [-0.3, -0.25) is 0 Å². The molecule has 1 aromatic carbocycles. The van der Waals surface area contributed by atoms with E-state index in [2.05, 4.69) is 24.3 Å². The molecule has 0 aromatic heterocycles. The third kappa shape index (κ3) is 2.28. The molecule has 0 bridgehead atoms. The second-order valence-corrected chi connectivity index (χ2v) is 4.76. The zero-order valence-corrected chi connectivity index (χ0v) is 10.0. The number of aryl methyl sites for hydroxylation is 1. The maximum absolute atomic E-state index is 6.56. The summed E-state index contributed by atoms with van der Waals surface area (Å²) < 4.78 is 5.11. The minimum Gasteiger partial charge on any atom is -0.385 e. The first kappa shape index (κ1) is 11.6. The fourth-order valence-electron chi connectivity index (χ4n) is 2.74. The minimum atomic E-state index is -0.118. The standard InChI is InChI=1S/C14H21NO/c1-16-11-5-10-14(15)9-4-7-12-6-2-3-8-13(12)14/h2-3,6,8H,4-5,7,9-11,15H2,1H3. The van der Waals surface area contributed by atoms with Gasteiger partial charge in [-0.25, -0.2) is 0 Å². The third-order valence-electron chi connectivity index (χ3n) is 3.59. The minimum absolute atomic E-state index is 0.118. The molecule has 0 amide bonds. The molecule has 0 saturated heterocycles. The predicted molar refractivity (Wildman–Crippen MR) is 66.4 cm³/mol. The van der Waals surface area contributed by atoms with Crippen LogP contribution >= 0.6 is 0 Å². The van der Waals surface area contributed by atoms with E-state index in [0.29, 0.717) is 0 Å². The van der Waals surface area contributed by atoms with Crippen LogP contribution in [0.25, 0.3) is 0 Å². The summed E-state index contributed by atoms with van der Waals surface area (Å²) in [6, 6.07) is 8.62. The number of methoxy groups -OCH3 is 1. The van der Waals surface area contributed by atoms with E-state index >= 15 is 0 Å². The molecule has 1 aromatic rings. The number of hydrogen-bond acceptors (Lipinski definition) is 2. The quantitative estimate of drug-likeness (QED) is 0.790. The summed E-state index contributed by atoms with van der Waals surface area (Å²) in [5.74, 6) is 0. The number of ether oxygens (including phenoxy) is 1. The van der Waals surface area contributed by atoms with E-state index in [4.69, 9.17) is 10.5 Å². The van der Waals surface area contributed by atoms with Crippen LogP contribution in [-0.4, -0.2) is 13.7 Å². The van der Waals surface area contributed by atoms with Gasteiger partial charge in [0.25, 0.3) is 0 Å². The Balaban J connectivity index is 2.16. The van der Waals surface area contributed by atoms with E-state index in [1.165, 1.54) is 24.0 Å². The van der Waals surface area contributed by atoms with Crippen LogP contribution in [0.2, 0.25) is 0 Å². The van der Waals surface area contributed by atoms with Crippen molar-refractivity contribution >= 4 is 0 Å². The van der Waals surface area contributed by atoms with Crippen LogP contribution in [0.15, 0.2) is 24.3 Å². The molecule has 1 aliphatic rings. The molecule has 88 valence electrons. The van der Waals surface area contributed by atoms with Crippen molar-refractivity contribution in [2.45, 2.75) is 37.6 Å². The number of hydrogen-bond donors (Lipinski definition) is 1. The number of rotatable bonds is 4. The monoisotopic (exact) mass is 219 g/mol. The zero-order chi connectivity index (χ0) is 11.4. The first-order valence-corrected chi connectivity index (χ1v) is 6.12. The Morgan fingerprint density at radius 1 is 1.38 bits per heavy atom. The highest BCUT2D eigenvalue weighted by Gasteiger charge is 2.31. The molecule has 1 unspecified atom stereocenters. The van der Waals surface area contributed by atoms with E-state index in [9.17, 15) is 0 Å². The van der Waals surface area contributed by atoms with Gasteiger partial charge in [0.05, 0.1) is 0 Å². The van der Waals surface area contributed by atoms with Crippen molar-refractivity contribution < 1.29 is 4.74 Å². The Kier molecular flexibility index (Phi) is 3.62. The largest absolute Gasteiger partial charge is 0.385 e. The summed E-state index contributed by atoms with van der Waals surface area (Å²) in [6.07, 6.45) is 5.56. The van der Waals surface area contributed by atoms with Crippen LogP contribution in [0, 0.1) is 0 Å². The Labute approximate surface area is 97.8 Å². The average Bonchev–Trinajstić information content (AvgIpc) is 2.30. The highest BCUT2D eigenvalue weighted by molar-refractivity contribution is 5.35. The second kappa shape index (κ2) is 4.98. The van der Waals surface area contributed by atoms with Crippen molar-refractivity contribution in [1.82, 2.24) is 0 Å². The molecule has 0 radical (unpaired) electrons. The summed E-state index contributed by atoms with van der Waals surface area (Å²) in [5, 5.41) is 0. The maximum Gasteiger partial charge on any atom is 0.0463 e. The number of fused-ring (bicyclic) bond motifs is 1. The topological polar surface area (TPSA) is 35.2 Å². The van der Waals surface area contributed by atoms with Crippen molar-refractivity contribution in [2.75, 3.05) is 13.7 Å². The summed E-state index contributed by atoms with van der Waals surface area (Å²) in [5.41, 5.74) is 9.24. The highest BCUT2D eigenvalue weighted by Crippen LogP contribution is 2.36. The average molecular weight is 219 g/mol. The Bertz CT molecular complexity index is 350. The molecule has 0 saturated carbocycles. The van der Waals surface area contributed by atoms with E-state index in [0.717, 1.165) is 25.9 Å². The number of nitrogens with two attached hydrogens (primary N) is 1. The lowest BCUT2D eigenvalue weighted by atomic mass is 9.75. The Hall–Kier alpha value is -0.860. The molecule has 2 rings (SSSR count). The summed E-state index contributed by atoms with van der Waals surface area (Å²) in [4.78, 5) is 0. The van der Waals surface area contributed by atoms with Gasteiger partial charge in [0.2, 0.25) is 0 Å². The smallest absolute Gasteiger partial charge is 0.0463 e. The lowest BCUT2D eigenvalue weighted by molar-refractivity contribution is 0.179. The van der Waals surface area contributed by atoms with Crippen molar-refractivity contribution in [3.05, 3.63) is 35.4 Å². The lowest BCUT2D eigenvalue weighted by Gasteiger charge is -2.36. The van der Waals surface area contributed by atoms with Gasteiger partial charge < -0.3 is 10.5 Å². The molecule has 0 heterocycles. The van der Waals surface area contributed by atoms with Gasteiger partial charge in [-0.05, 0) is 43.2 Å². The maximum atomic E-state index is 6.56. The highest BCUT2D eigenvalue weighted by atomic mass is 16.5. The van der Waals surface area contributed by atoms with Gasteiger partial charge >= 0.3 is 0 Å². The van der Waals surface area contributed by atoms with Gasteiger partial charge in [-0.2, -0.15) is 0 Å². The van der Waals surface area contributed by atoms with Crippen LogP contribution in [-0.2, 0) is 16.7 Å². The molecule has 0 spiro atoms. The Morgan fingerprint density at radius 2 is 2.19 bits per heavy atom. The second-order valence-electron chi connectivity index (χ2n) is 4.76. The SMILES string of the molecule is COCCCC1(N)CCCc2ccccc21. The fraction of sp³-hybridized carbons (Fsp3) is 0.571. The van der Waals surface area contributed by atoms with Crippen molar-refractivity contribution in [3.8, 4) is 0 Å². The molecule has 1 aliphatic carbocycles. The van der Waals surface area contributed by atoms with Crippen molar-refractivity contribution in [2.24, 2.45) is 5.73 Å². The van der Waals surface area contributed by atoms with Gasteiger partial charge in [-0.1, -0.05) is 24.3 Å². The van der Waals surface area contributed by atoms with Gasteiger partial charge in [0.1, 0.15) is 0 Å². The van der Waals surface area contributed by atoms with E-state index in [1.54, 1.807) is 7.11 Å². The van der Waals surface area contributed by atoms with Gasteiger partial charge in [0, 0.05) is 19.3 Å². The molecule has 0 fully saturated rings. The summed E-state index contributed by atoms with van der Waals surface area (Å²) >= 11 is 0. The first-order chi connectivity index (χ1) is 7.76. The van der Waals surface area contributed by atoms with Crippen LogP contribution in [0.4, 0.5) is 0 Å². The van der Waals surface area contributed by atoms with Gasteiger partial charge in [-0.15, -0.1) is 0 Å². The van der Waals surface area contributed by atoms with Crippen molar-refractivity contribution in [1.29, 1.82) is 0 Å². The molecule has 1 atom stereocenters.